The molecule has 1 fully saturated rings. The monoisotopic (exact) mass is 369 g/mol. The number of benzene rings is 1. The van der Waals surface area contributed by atoms with Crippen molar-refractivity contribution < 1.29 is 14.1 Å². The molecule has 144 valence electrons. The van der Waals surface area contributed by atoms with Crippen LogP contribution in [0.5, 0.6) is 0 Å². The second-order valence-electron chi connectivity index (χ2n) is 7.40. The predicted octanol–water partition coefficient (Wildman–Crippen LogP) is 2.69. The van der Waals surface area contributed by atoms with E-state index < -0.39 is 0 Å². The highest BCUT2D eigenvalue weighted by atomic mass is 16.5. The van der Waals surface area contributed by atoms with Crippen LogP contribution in [0.25, 0.3) is 0 Å². The van der Waals surface area contributed by atoms with Crippen molar-refractivity contribution in [2.75, 3.05) is 20.1 Å². The summed E-state index contributed by atoms with van der Waals surface area (Å²) in [5, 5.41) is 7.42. The van der Waals surface area contributed by atoms with Crippen LogP contribution in [-0.2, 0) is 17.8 Å². The lowest BCUT2D eigenvalue weighted by molar-refractivity contribution is -0.132. The zero-order chi connectivity index (χ0) is 19.2. The molecule has 1 amide bonds. The summed E-state index contributed by atoms with van der Waals surface area (Å²) in [7, 11) is 1.86. The first-order valence-corrected chi connectivity index (χ1v) is 9.48. The SMILES string of the molecule is CC(=O)c1cc(C[C@@H]2CNCC[C@H]2CC(=O)N(C)Cc2ccccc2)no1. The van der Waals surface area contributed by atoms with Crippen LogP contribution in [0.15, 0.2) is 40.9 Å². The van der Waals surface area contributed by atoms with Crippen molar-refractivity contribution in [3.05, 3.63) is 53.4 Å². The maximum atomic E-state index is 12.7. The van der Waals surface area contributed by atoms with Crippen molar-refractivity contribution in [1.82, 2.24) is 15.4 Å². The Hall–Kier alpha value is -2.47. The number of hydrogen-bond acceptors (Lipinski definition) is 5. The number of Topliss-reactive ketones (excluding diaryl/α,β-unsaturated/α-hetero) is 1. The van der Waals surface area contributed by atoms with Gasteiger partial charge in [-0.05, 0) is 43.3 Å². The van der Waals surface area contributed by atoms with E-state index in [0.717, 1.165) is 30.8 Å². The standard InChI is InChI=1S/C21H27N3O3/c1-15(25)20-12-19(23-27-20)10-18-13-22-9-8-17(18)11-21(26)24(2)14-16-6-4-3-5-7-16/h3-7,12,17-18,22H,8-11,13-14H2,1-2H3/t17-,18+/m0/s1. The Morgan fingerprint density at radius 3 is 2.74 bits per heavy atom. The van der Waals surface area contributed by atoms with E-state index in [1.54, 1.807) is 11.0 Å². The summed E-state index contributed by atoms with van der Waals surface area (Å²) in [5.74, 6) is 0.946. The van der Waals surface area contributed by atoms with E-state index in [1.807, 2.05) is 37.4 Å². The second kappa shape index (κ2) is 8.95. The molecular formula is C21H27N3O3. The van der Waals surface area contributed by atoms with E-state index in [2.05, 4.69) is 10.5 Å². The Kier molecular flexibility index (Phi) is 6.40. The molecule has 6 heteroatoms. The fourth-order valence-corrected chi connectivity index (χ4v) is 3.65. The highest BCUT2D eigenvalue weighted by Crippen LogP contribution is 2.27. The zero-order valence-corrected chi connectivity index (χ0v) is 16.0. The van der Waals surface area contributed by atoms with Gasteiger partial charge in [-0.2, -0.15) is 0 Å². The number of aromatic nitrogens is 1. The van der Waals surface area contributed by atoms with Crippen LogP contribution in [0.4, 0.5) is 0 Å². The van der Waals surface area contributed by atoms with Gasteiger partial charge in [0.1, 0.15) is 0 Å². The van der Waals surface area contributed by atoms with Gasteiger partial charge in [0, 0.05) is 33.0 Å². The molecule has 1 aromatic heterocycles. The summed E-state index contributed by atoms with van der Waals surface area (Å²) in [6, 6.07) is 11.7. The molecular weight excluding hydrogens is 342 g/mol. The molecule has 1 aromatic carbocycles. The molecule has 0 aliphatic carbocycles. The summed E-state index contributed by atoms with van der Waals surface area (Å²) >= 11 is 0. The van der Waals surface area contributed by atoms with E-state index in [4.69, 9.17) is 4.52 Å². The largest absolute Gasteiger partial charge is 0.353 e. The third-order valence-corrected chi connectivity index (χ3v) is 5.27. The van der Waals surface area contributed by atoms with E-state index in [1.165, 1.54) is 6.92 Å². The Balaban J connectivity index is 1.59. The van der Waals surface area contributed by atoms with E-state index >= 15 is 0 Å². The number of hydrogen-bond donors (Lipinski definition) is 1. The number of piperidine rings is 1. The number of carbonyl (C=O) groups excluding carboxylic acids is 2. The maximum absolute atomic E-state index is 12.7. The third-order valence-electron chi connectivity index (χ3n) is 5.27. The van der Waals surface area contributed by atoms with Gasteiger partial charge in [0.2, 0.25) is 11.7 Å². The van der Waals surface area contributed by atoms with Gasteiger partial charge in [0.05, 0.1) is 5.69 Å². The molecule has 2 aromatic rings. The highest BCUT2D eigenvalue weighted by molar-refractivity contribution is 5.91. The molecule has 0 unspecified atom stereocenters. The molecule has 6 nitrogen and oxygen atoms in total. The van der Waals surface area contributed by atoms with Gasteiger partial charge in [0.25, 0.3) is 0 Å². The van der Waals surface area contributed by atoms with Crippen LogP contribution in [0.2, 0.25) is 0 Å². The quantitative estimate of drug-likeness (QED) is 0.760. The Morgan fingerprint density at radius 2 is 2.04 bits per heavy atom. The van der Waals surface area contributed by atoms with E-state index in [9.17, 15) is 9.59 Å². The van der Waals surface area contributed by atoms with Crippen molar-refractivity contribution in [3.63, 3.8) is 0 Å². The van der Waals surface area contributed by atoms with Crippen molar-refractivity contribution in [2.24, 2.45) is 11.8 Å². The molecule has 1 aliphatic rings. The number of nitrogens with one attached hydrogen (secondary N) is 1. The molecule has 1 aliphatic heterocycles. The van der Waals surface area contributed by atoms with Crippen molar-refractivity contribution in [1.29, 1.82) is 0 Å². The molecule has 0 spiro atoms. The lowest BCUT2D eigenvalue weighted by Gasteiger charge is -2.32. The maximum Gasteiger partial charge on any atom is 0.222 e. The predicted molar refractivity (Wildman–Crippen MR) is 102 cm³/mol. The Bertz CT molecular complexity index is 772. The Labute approximate surface area is 159 Å². The Morgan fingerprint density at radius 1 is 1.26 bits per heavy atom. The number of nitrogens with zero attached hydrogens (tertiary/aromatic N) is 2. The van der Waals surface area contributed by atoms with Gasteiger partial charge in [-0.3, -0.25) is 9.59 Å². The van der Waals surface area contributed by atoms with Crippen LogP contribution in [-0.4, -0.2) is 41.9 Å². The fourth-order valence-electron chi connectivity index (χ4n) is 3.65. The molecule has 1 N–H and O–H groups in total. The molecule has 2 atom stereocenters. The number of rotatable bonds is 7. The minimum atomic E-state index is -0.121. The molecule has 2 heterocycles. The topological polar surface area (TPSA) is 75.4 Å². The van der Waals surface area contributed by atoms with Crippen LogP contribution < -0.4 is 5.32 Å². The highest BCUT2D eigenvalue weighted by Gasteiger charge is 2.29. The van der Waals surface area contributed by atoms with Gasteiger partial charge in [0.15, 0.2) is 5.78 Å². The van der Waals surface area contributed by atoms with Crippen LogP contribution in [0, 0.1) is 11.8 Å². The number of carbonyl (C=O) groups is 2. The molecule has 0 saturated carbocycles. The average molecular weight is 369 g/mol. The molecule has 1 saturated heterocycles. The molecule has 0 bridgehead atoms. The number of amides is 1. The van der Waals surface area contributed by atoms with Gasteiger partial charge in [-0.25, -0.2) is 0 Å². The first-order chi connectivity index (χ1) is 13.0. The first kappa shape index (κ1) is 19.3. The lowest BCUT2D eigenvalue weighted by Crippen LogP contribution is -2.40. The van der Waals surface area contributed by atoms with E-state index in [0.29, 0.717) is 37.0 Å². The van der Waals surface area contributed by atoms with Crippen molar-refractivity contribution in [3.8, 4) is 0 Å². The van der Waals surface area contributed by atoms with Crippen molar-refractivity contribution in [2.45, 2.75) is 32.7 Å². The fraction of sp³-hybridized carbons (Fsp3) is 0.476. The molecule has 27 heavy (non-hydrogen) atoms. The van der Waals surface area contributed by atoms with Crippen molar-refractivity contribution >= 4 is 11.7 Å². The van der Waals surface area contributed by atoms with Crippen LogP contribution in [0.1, 0.15) is 41.6 Å². The smallest absolute Gasteiger partial charge is 0.222 e. The average Bonchev–Trinajstić information content (AvgIpc) is 3.13. The molecule has 0 radical (unpaired) electrons. The van der Waals surface area contributed by atoms with Gasteiger partial charge < -0.3 is 14.7 Å². The van der Waals surface area contributed by atoms with Gasteiger partial charge in [-0.15, -0.1) is 0 Å². The second-order valence-corrected chi connectivity index (χ2v) is 7.40. The summed E-state index contributed by atoms with van der Waals surface area (Å²) in [4.78, 5) is 25.9. The van der Waals surface area contributed by atoms with Crippen LogP contribution >= 0.6 is 0 Å². The summed E-state index contributed by atoms with van der Waals surface area (Å²) in [6.45, 7) is 3.87. The van der Waals surface area contributed by atoms with E-state index in [-0.39, 0.29) is 11.7 Å². The zero-order valence-electron chi connectivity index (χ0n) is 16.0. The number of ketones is 1. The summed E-state index contributed by atoms with van der Waals surface area (Å²) in [6.07, 6.45) is 2.21. The molecule has 3 rings (SSSR count). The third kappa shape index (κ3) is 5.26. The normalized spacial score (nSPS) is 19.6. The minimum absolute atomic E-state index is 0.121. The van der Waals surface area contributed by atoms with Crippen LogP contribution in [0.3, 0.4) is 0 Å². The van der Waals surface area contributed by atoms with Gasteiger partial charge in [-0.1, -0.05) is 35.5 Å². The summed E-state index contributed by atoms with van der Waals surface area (Å²) < 4.78 is 5.09. The van der Waals surface area contributed by atoms with Gasteiger partial charge >= 0.3 is 0 Å². The lowest BCUT2D eigenvalue weighted by atomic mass is 9.81. The first-order valence-electron chi connectivity index (χ1n) is 9.48. The minimum Gasteiger partial charge on any atom is -0.353 e. The summed E-state index contributed by atoms with van der Waals surface area (Å²) in [5.41, 5.74) is 1.92.